The lowest BCUT2D eigenvalue weighted by Gasteiger charge is -2.04. The van der Waals surface area contributed by atoms with Crippen LogP contribution in [0.25, 0.3) is 0 Å². The van der Waals surface area contributed by atoms with Crippen molar-refractivity contribution in [2.45, 2.75) is 38.5 Å². The van der Waals surface area contributed by atoms with E-state index in [1.165, 1.54) is 0 Å². The average Bonchev–Trinajstić information content (AvgIpc) is 2.37. The van der Waals surface area contributed by atoms with E-state index in [0.29, 0.717) is 38.5 Å². The molecule has 0 heterocycles. The van der Waals surface area contributed by atoms with Crippen molar-refractivity contribution in [1.82, 2.24) is 0 Å². The van der Waals surface area contributed by atoms with Crippen LogP contribution in [0.2, 0.25) is 0 Å². The molecule has 0 atom stereocenters. The summed E-state index contributed by atoms with van der Waals surface area (Å²) in [4.78, 5) is 22.2. The van der Waals surface area contributed by atoms with Crippen LogP contribution >= 0.6 is 0 Å². The highest BCUT2D eigenvalue weighted by molar-refractivity contribution is 6.29. The Labute approximate surface area is 106 Å². The van der Waals surface area contributed by atoms with Crippen molar-refractivity contribution < 1.29 is 19.1 Å². The minimum absolute atomic E-state index is 0.115. The van der Waals surface area contributed by atoms with Crippen molar-refractivity contribution in [3.8, 4) is 12.1 Å². The second-order valence-electron chi connectivity index (χ2n) is 3.50. The maximum absolute atomic E-state index is 11.1. The molecule has 0 radical (unpaired) electrons. The minimum Gasteiger partial charge on any atom is -0.457 e. The van der Waals surface area contributed by atoms with E-state index < -0.39 is 11.9 Å². The molecule has 0 fully saturated rings. The van der Waals surface area contributed by atoms with E-state index in [2.05, 4.69) is 9.47 Å². The number of nitriles is 2. The summed E-state index contributed by atoms with van der Waals surface area (Å²) < 4.78 is 9.31. The summed E-state index contributed by atoms with van der Waals surface area (Å²) in [5, 5.41) is 16.5. The normalized spacial score (nSPS) is 9.00. The molecule has 0 saturated heterocycles. The van der Waals surface area contributed by atoms with Gasteiger partial charge in [-0.05, 0) is 25.7 Å². The first-order valence-corrected chi connectivity index (χ1v) is 5.80. The molecule has 0 aromatic heterocycles. The lowest BCUT2D eigenvalue weighted by atomic mass is 10.2. The number of nitrogens with zero attached hydrogens (tertiary/aromatic N) is 2. The van der Waals surface area contributed by atoms with Crippen LogP contribution in [0, 0.1) is 22.7 Å². The van der Waals surface area contributed by atoms with Crippen molar-refractivity contribution in [2.24, 2.45) is 0 Å². The SMILES string of the molecule is N#CCCCCOC(=O)C(=O)OCCCCC#N. The number of hydrogen-bond acceptors (Lipinski definition) is 6. The minimum atomic E-state index is -1.01. The highest BCUT2D eigenvalue weighted by Crippen LogP contribution is 1.97. The van der Waals surface area contributed by atoms with Crippen LogP contribution in [0.3, 0.4) is 0 Å². The number of esters is 2. The van der Waals surface area contributed by atoms with E-state index in [0.717, 1.165) is 0 Å². The molecule has 0 aliphatic rings. The Kier molecular flexibility index (Phi) is 10.1. The Morgan fingerprint density at radius 1 is 0.778 bits per heavy atom. The average molecular weight is 252 g/mol. The van der Waals surface area contributed by atoms with Crippen molar-refractivity contribution in [3.05, 3.63) is 0 Å². The number of ether oxygens (including phenoxy) is 2. The van der Waals surface area contributed by atoms with Gasteiger partial charge in [0.05, 0.1) is 25.4 Å². The fraction of sp³-hybridized carbons (Fsp3) is 0.667. The Hall–Kier alpha value is -2.08. The van der Waals surface area contributed by atoms with E-state index in [1.807, 2.05) is 12.1 Å². The molecule has 0 aromatic rings. The third-order valence-corrected chi connectivity index (χ3v) is 2.00. The van der Waals surface area contributed by atoms with Gasteiger partial charge >= 0.3 is 11.9 Å². The summed E-state index contributed by atoms with van der Waals surface area (Å²) >= 11 is 0. The van der Waals surface area contributed by atoms with Gasteiger partial charge in [0.15, 0.2) is 0 Å². The highest BCUT2D eigenvalue weighted by atomic mass is 16.6. The van der Waals surface area contributed by atoms with Gasteiger partial charge in [-0.15, -0.1) is 0 Å². The van der Waals surface area contributed by atoms with Gasteiger partial charge in [0.25, 0.3) is 0 Å². The summed E-state index contributed by atoms with van der Waals surface area (Å²) in [7, 11) is 0. The third-order valence-electron chi connectivity index (χ3n) is 2.00. The second-order valence-corrected chi connectivity index (χ2v) is 3.50. The molecule has 18 heavy (non-hydrogen) atoms. The van der Waals surface area contributed by atoms with Gasteiger partial charge in [0.1, 0.15) is 0 Å². The number of unbranched alkanes of at least 4 members (excludes halogenated alkanes) is 4. The standard InChI is InChI=1S/C12H16N2O4/c13-7-3-1-5-9-17-11(15)12(16)18-10-6-2-4-8-14/h1-6,9-10H2. The summed E-state index contributed by atoms with van der Waals surface area (Å²) in [6, 6.07) is 3.94. The first kappa shape index (κ1) is 15.9. The van der Waals surface area contributed by atoms with Crippen LogP contribution in [-0.2, 0) is 19.1 Å². The molecule has 98 valence electrons. The van der Waals surface area contributed by atoms with E-state index in [4.69, 9.17) is 10.5 Å². The zero-order chi connectivity index (χ0) is 13.6. The van der Waals surface area contributed by atoms with Crippen molar-refractivity contribution in [1.29, 1.82) is 10.5 Å². The van der Waals surface area contributed by atoms with Gasteiger partial charge in [0.2, 0.25) is 0 Å². The van der Waals surface area contributed by atoms with Crippen molar-refractivity contribution in [2.75, 3.05) is 13.2 Å². The zero-order valence-electron chi connectivity index (χ0n) is 10.2. The van der Waals surface area contributed by atoms with Crippen LogP contribution in [0.5, 0.6) is 0 Å². The Morgan fingerprint density at radius 2 is 1.17 bits per heavy atom. The summed E-state index contributed by atoms with van der Waals surface area (Å²) in [5.41, 5.74) is 0. The van der Waals surface area contributed by atoms with Gasteiger partial charge in [0, 0.05) is 12.8 Å². The quantitative estimate of drug-likeness (QED) is 0.368. The summed E-state index contributed by atoms with van der Waals surface area (Å²) in [6.07, 6.45) is 3.17. The van der Waals surface area contributed by atoms with Gasteiger partial charge in [-0.2, -0.15) is 10.5 Å². The molecular weight excluding hydrogens is 236 g/mol. The molecule has 0 saturated carbocycles. The molecule has 0 unspecified atom stereocenters. The van der Waals surface area contributed by atoms with Crippen LogP contribution in [0.4, 0.5) is 0 Å². The lowest BCUT2D eigenvalue weighted by molar-refractivity contribution is -0.167. The molecule has 0 N–H and O–H groups in total. The first-order valence-electron chi connectivity index (χ1n) is 5.80. The molecule has 0 spiro atoms. The Balaban J connectivity index is 3.50. The van der Waals surface area contributed by atoms with Gasteiger partial charge in [-0.3, -0.25) is 0 Å². The van der Waals surface area contributed by atoms with Crippen LogP contribution in [0.1, 0.15) is 38.5 Å². The van der Waals surface area contributed by atoms with E-state index in [1.54, 1.807) is 0 Å². The van der Waals surface area contributed by atoms with Crippen molar-refractivity contribution >= 4 is 11.9 Å². The number of rotatable bonds is 8. The molecule has 6 nitrogen and oxygen atoms in total. The Morgan fingerprint density at radius 3 is 1.50 bits per heavy atom. The van der Waals surface area contributed by atoms with Crippen LogP contribution < -0.4 is 0 Å². The molecule has 0 bridgehead atoms. The van der Waals surface area contributed by atoms with Crippen LogP contribution in [0.15, 0.2) is 0 Å². The fourth-order valence-electron chi connectivity index (χ4n) is 1.06. The molecule has 0 aromatic carbocycles. The smallest absolute Gasteiger partial charge is 0.417 e. The molecular formula is C12H16N2O4. The zero-order valence-corrected chi connectivity index (χ0v) is 10.2. The fourth-order valence-corrected chi connectivity index (χ4v) is 1.06. The third kappa shape index (κ3) is 9.17. The summed E-state index contributed by atoms with van der Waals surface area (Å²) in [5.74, 6) is -2.01. The summed E-state index contributed by atoms with van der Waals surface area (Å²) in [6.45, 7) is 0.230. The monoisotopic (exact) mass is 252 g/mol. The molecule has 0 aliphatic carbocycles. The van der Waals surface area contributed by atoms with Gasteiger partial charge in [-0.25, -0.2) is 9.59 Å². The van der Waals surface area contributed by atoms with Crippen molar-refractivity contribution in [3.63, 3.8) is 0 Å². The van der Waals surface area contributed by atoms with E-state index >= 15 is 0 Å². The first-order chi connectivity index (χ1) is 8.72. The number of hydrogen-bond donors (Lipinski definition) is 0. The lowest BCUT2D eigenvalue weighted by Crippen LogP contribution is -2.21. The largest absolute Gasteiger partial charge is 0.457 e. The number of carbonyl (C=O) groups is 2. The predicted molar refractivity (Wildman–Crippen MR) is 60.8 cm³/mol. The molecule has 0 amide bonds. The Bertz CT molecular complexity index is 307. The van der Waals surface area contributed by atoms with Gasteiger partial charge < -0.3 is 9.47 Å². The van der Waals surface area contributed by atoms with E-state index in [-0.39, 0.29) is 13.2 Å². The topological polar surface area (TPSA) is 100 Å². The number of carbonyl (C=O) groups excluding carboxylic acids is 2. The highest BCUT2D eigenvalue weighted by Gasteiger charge is 2.16. The van der Waals surface area contributed by atoms with E-state index in [9.17, 15) is 9.59 Å². The maximum atomic E-state index is 11.1. The molecule has 0 rings (SSSR count). The maximum Gasteiger partial charge on any atom is 0.417 e. The van der Waals surface area contributed by atoms with Gasteiger partial charge in [-0.1, -0.05) is 0 Å². The molecule has 6 heteroatoms. The molecule has 0 aliphatic heterocycles. The second kappa shape index (κ2) is 11.4. The van der Waals surface area contributed by atoms with Crippen LogP contribution in [-0.4, -0.2) is 25.2 Å². The predicted octanol–water partition coefficient (Wildman–Crippen LogP) is 1.46.